The lowest BCUT2D eigenvalue weighted by Gasteiger charge is -2.18. The topological polar surface area (TPSA) is 25.8 Å². The summed E-state index contributed by atoms with van der Waals surface area (Å²) in [5, 5.41) is 0. The first-order valence-electron chi connectivity index (χ1n) is 21.9. The normalized spacial score (nSPS) is 11.9. The Morgan fingerprint density at radius 1 is 0.431 bits per heavy atom. The summed E-state index contributed by atoms with van der Waals surface area (Å²) in [5.41, 5.74) is 8.36. The SMILES string of the molecule is CCCCCCCCCCCCCCCCc1c(CCCCCCCCCCCCCCCC)c(-c2cc3sc(C)cc3s2)c2nsnc2c1C. The monoisotopic (exact) mass is 751 g/mol. The van der Waals surface area contributed by atoms with Gasteiger partial charge in [0.2, 0.25) is 0 Å². The maximum Gasteiger partial charge on any atom is 0.113 e. The molecule has 0 bridgehead atoms. The molecule has 3 aromatic heterocycles. The number of fused-ring (bicyclic) bond motifs is 2. The van der Waals surface area contributed by atoms with E-state index in [9.17, 15) is 0 Å². The maximum absolute atomic E-state index is 4.96. The Morgan fingerprint density at radius 2 is 0.824 bits per heavy atom. The van der Waals surface area contributed by atoms with Crippen molar-refractivity contribution in [2.24, 2.45) is 0 Å². The van der Waals surface area contributed by atoms with E-state index in [1.807, 2.05) is 22.7 Å². The van der Waals surface area contributed by atoms with Gasteiger partial charge in [-0.05, 0) is 68.4 Å². The van der Waals surface area contributed by atoms with E-state index in [0.29, 0.717) is 0 Å². The molecule has 0 radical (unpaired) electrons. The second kappa shape index (κ2) is 25.7. The summed E-state index contributed by atoms with van der Waals surface area (Å²) in [6.07, 6.45) is 41.9. The molecule has 0 aliphatic rings. The Bertz CT molecular complexity index is 1450. The molecular formula is C46H74N2S3. The standard InChI is InChI=1S/C46H74N2S3/c1-5-7-9-11-13-15-17-19-21-23-25-27-29-31-33-39-38(4)45-46(48-51-47-45)44(43-36-42-41(50-43)35-37(3)49-42)40(39)34-32-30-28-26-24-22-20-18-16-14-12-10-8-6-2/h35-36H,5-34H2,1-4H3. The van der Waals surface area contributed by atoms with Crippen molar-refractivity contribution in [3.63, 3.8) is 0 Å². The number of unbranched alkanes of at least 4 members (excludes halogenated alkanes) is 26. The Balaban J connectivity index is 1.27. The molecule has 0 atom stereocenters. The Kier molecular flexibility index (Phi) is 21.4. The lowest BCUT2D eigenvalue weighted by atomic mass is 9.87. The highest BCUT2D eigenvalue weighted by atomic mass is 32.1. The largest absolute Gasteiger partial charge is 0.173 e. The van der Waals surface area contributed by atoms with Crippen molar-refractivity contribution in [3.05, 3.63) is 33.7 Å². The first kappa shape index (κ1) is 42.4. The van der Waals surface area contributed by atoms with E-state index in [2.05, 4.69) is 39.8 Å². The summed E-state index contributed by atoms with van der Waals surface area (Å²) >= 11 is 5.32. The Labute approximate surface area is 326 Å². The number of aromatic nitrogens is 2. The summed E-state index contributed by atoms with van der Waals surface area (Å²) in [4.78, 5) is 2.82. The van der Waals surface area contributed by atoms with Crippen LogP contribution in [0.3, 0.4) is 0 Å². The van der Waals surface area contributed by atoms with Crippen LogP contribution in [-0.4, -0.2) is 8.75 Å². The van der Waals surface area contributed by atoms with E-state index >= 15 is 0 Å². The third-order valence-corrected chi connectivity index (χ3v) is 14.1. The quantitative estimate of drug-likeness (QED) is 0.0479. The minimum Gasteiger partial charge on any atom is -0.173 e. The minimum atomic E-state index is 1.16. The predicted molar refractivity (Wildman–Crippen MR) is 234 cm³/mol. The first-order chi connectivity index (χ1) is 25.1. The molecule has 0 aliphatic heterocycles. The van der Waals surface area contributed by atoms with Crippen molar-refractivity contribution in [1.82, 2.24) is 8.75 Å². The number of benzene rings is 1. The van der Waals surface area contributed by atoms with E-state index < -0.39 is 0 Å². The van der Waals surface area contributed by atoms with E-state index in [4.69, 9.17) is 8.75 Å². The fourth-order valence-corrected chi connectivity index (χ4v) is 11.2. The van der Waals surface area contributed by atoms with Gasteiger partial charge in [-0.3, -0.25) is 0 Å². The van der Waals surface area contributed by atoms with Gasteiger partial charge in [0.15, 0.2) is 0 Å². The molecular weight excluding hydrogens is 677 g/mol. The minimum absolute atomic E-state index is 1.16. The Hall–Kier alpha value is -1.30. The lowest BCUT2D eigenvalue weighted by molar-refractivity contribution is 0.534. The molecule has 0 spiro atoms. The van der Waals surface area contributed by atoms with Crippen LogP contribution in [0.2, 0.25) is 0 Å². The summed E-state index contributed by atoms with van der Waals surface area (Å²) in [7, 11) is 0. The van der Waals surface area contributed by atoms with Crippen LogP contribution in [0.5, 0.6) is 0 Å². The fourth-order valence-electron chi connectivity index (χ4n) is 8.21. The van der Waals surface area contributed by atoms with Crippen molar-refractivity contribution in [2.45, 2.75) is 220 Å². The summed E-state index contributed by atoms with van der Waals surface area (Å²) in [6.45, 7) is 9.20. The zero-order valence-corrected chi connectivity index (χ0v) is 35.9. The van der Waals surface area contributed by atoms with Gasteiger partial charge in [0, 0.05) is 24.7 Å². The van der Waals surface area contributed by atoms with Crippen LogP contribution < -0.4 is 0 Å². The van der Waals surface area contributed by atoms with Crippen LogP contribution in [0, 0.1) is 13.8 Å². The van der Waals surface area contributed by atoms with Gasteiger partial charge in [0.1, 0.15) is 11.0 Å². The van der Waals surface area contributed by atoms with Crippen LogP contribution in [0.1, 0.15) is 215 Å². The zero-order valence-electron chi connectivity index (χ0n) is 33.5. The highest BCUT2D eigenvalue weighted by molar-refractivity contribution is 7.29. The van der Waals surface area contributed by atoms with E-state index in [1.165, 1.54) is 235 Å². The Morgan fingerprint density at radius 3 is 1.27 bits per heavy atom. The number of nitrogens with zero attached hydrogens (tertiary/aromatic N) is 2. The summed E-state index contributed by atoms with van der Waals surface area (Å²) < 4.78 is 12.7. The summed E-state index contributed by atoms with van der Waals surface area (Å²) in [5.74, 6) is 0. The van der Waals surface area contributed by atoms with Crippen LogP contribution >= 0.6 is 34.4 Å². The van der Waals surface area contributed by atoms with E-state index in [-0.39, 0.29) is 0 Å². The van der Waals surface area contributed by atoms with Crippen LogP contribution in [-0.2, 0) is 12.8 Å². The van der Waals surface area contributed by atoms with Gasteiger partial charge in [-0.25, -0.2) is 0 Å². The molecule has 0 saturated heterocycles. The molecule has 1 aromatic carbocycles. The average Bonchev–Trinajstić information content (AvgIpc) is 3.85. The second-order valence-corrected chi connectivity index (χ2v) is 18.7. The third-order valence-electron chi connectivity index (χ3n) is 11.3. The molecule has 0 N–H and O–H groups in total. The van der Waals surface area contributed by atoms with E-state index in [1.54, 1.807) is 11.1 Å². The van der Waals surface area contributed by atoms with Gasteiger partial charge in [-0.15, -0.1) is 22.7 Å². The smallest absolute Gasteiger partial charge is 0.113 e. The third kappa shape index (κ3) is 14.8. The predicted octanol–water partition coefficient (Wildman–Crippen LogP) is 17.3. The highest BCUT2D eigenvalue weighted by Crippen LogP contribution is 2.44. The number of rotatable bonds is 31. The molecule has 0 aliphatic carbocycles. The van der Waals surface area contributed by atoms with Gasteiger partial charge >= 0.3 is 0 Å². The maximum atomic E-state index is 4.96. The highest BCUT2D eigenvalue weighted by Gasteiger charge is 2.22. The zero-order chi connectivity index (χ0) is 35.9. The van der Waals surface area contributed by atoms with Crippen LogP contribution in [0.25, 0.3) is 30.9 Å². The van der Waals surface area contributed by atoms with Crippen molar-refractivity contribution >= 4 is 54.8 Å². The molecule has 4 aromatic rings. The molecule has 0 amide bonds. The molecule has 4 rings (SSSR count). The summed E-state index contributed by atoms with van der Waals surface area (Å²) in [6, 6.07) is 4.84. The van der Waals surface area contributed by atoms with Crippen molar-refractivity contribution < 1.29 is 0 Å². The molecule has 0 unspecified atom stereocenters. The molecule has 286 valence electrons. The van der Waals surface area contributed by atoms with Gasteiger partial charge in [0.05, 0.1) is 11.7 Å². The average molecular weight is 751 g/mol. The van der Waals surface area contributed by atoms with Gasteiger partial charge in [-0.2, -0.15) is 8.75 Å². The van der Waals surface area contributed by atoms with Crippen molar-refractivity contribution in [1.29, 1.82) is 0 Å². The van der Waals surface area contributed by atoms with Gasteiger partial charge in [-0.1, -0.05) is 181 Å². The van der Waals surface area contributed by atoms with Crippen molar-refractivity contribution in [3.8, 4) is 10.4 Å². The molecule has 51 heavy (non-hydrogen) atoms. The number of aryl methyl sites for hydroxylation is 2. The molecule has 0 fully saturated rings. The number of hydrogen-bond donors (Lipinski definition) is 0. The molecule has 5 heteroatoms. The van der Waals surface area contributed by atoms with Gasteiger partial charge < -0.3 is 0 Å². The van der Waals surface area contributed by atoms with Crippen LogP contribution in [0.4, 0.5) is 0 Å². The molecule has 0 saturated carbocycles. The molecule has 3 heterocycles. The second-order valence-electron chi connectivity index (χ2n) is 15.8. The van der Waals surface area contributed by atoms with Gasteiger partial charge in [0.25, 0.3) is 0 Å². The van der Waals surface area contributed by atoms with Crippen molar-refractivity contribution in [2.75, 3.05) is 0 Å². The number of thiophene rings is 2. The lowest BCUT2D eigenvalue weighted by Crippen LogP contribution is -2.03. The fraction of sp³-hybridized carbons (Fsp3) is 0.739. The number of hydrogen-bond acceptors (Lipinski definition) is 5. The van der Waals surface area contributed by atoms with Crippen LogP contribution in [0.15, 0.2) is 12.1 Å². The van der Waals surface area contributed by atoms with E-state index in [0.717, 1.165) is 11.0 Å². The first-order valence-corrected chi connectivity index (χ1v) is 24.3. The molecule has 2 nitrogen and oxygen atoms in total.